The van der Waals surface area contributed by atoms with Gasteiger partial charge in [-0.05, 0) is 35.0 Å². The Morgan fingerprint density at radius 2 is 1.59 bits per heavy atom. The van der Waals surface area contributed by atoms with E-state index in [2.05, 4.69) is 10.2 Å². The molecule has 0 unspecified atom stereocenters. The smallest absolute Gasteiger partial charge is 0.277 e. The molecule has 2 heterocycles. The molecule has 3 aromatic carbocycles. The molecule has 1 aliphatic heterocycles. The fourth-order valence-electron chi connectivity index (χ4n) is 3.84. The second-order valence-electron chi connectivity index (χ2n) is 7.82. The average Bonchev–Trinajstić information content (AvgIpc) is 3.37. The Morgan fingerprint density at radius 3 is 2.35 bits per heavy atom. The van der Waals surface area contributed by atoms with Crippen LogP contribution in [-0.4, -0.2) is 65.7 Å². The summed E-state index contributed by atoms with van der Waals surface area (Å²) >= 11 is 1.18. The predicted octanol–water partition coefficient (Wildman–Crippen LogP) is 3.52. The van der Waals surface area contributed by atoms with Crippen LogP contribution < -0.4 is 0 Å². The zero-order valence-electron chi connectivity index (χ0n) is 18.2. The number of nitrogens with zero attached hydrogens (tertiary/aromatic N) is 4. The van der Waals surface area contributed by atoms with Crippen LogP contribution in [0.3, 0.4) is 0 Å². The maximum Gasteiger partial charge on any atom is 0.277 e. The number of piperazine rings is 1. The molecule has 174 valence electrons. The molecular weight excluding hydrogens is 472 g/mol. The van der Waals surface area contributed by atoms with Crippen molar-refractivity contribution in [1.29, 1.82) is 0 Å². The molecule has 0 aliphatic carbocycles. The molecule has 0 radical (unpaired) electrons. The molecule has 1 aliphatic rings. The molecule has 1 aromatic heterocycles. The molecule has 0 saturated carbocycles. The second kappa shape index (κ2) is 9.57. The molecule has 1 fully saturated rings. The Bertz CT molecular complexity index is 1420. The lowest BCUT2D eigenvalue weighted by molar-refractivity contribution is -0.129. The minimum atomic E-state index is -3.62. The number of rotatable bonds is 6. The minimum Gasteiger partial charge on any atom is -0.411 e. The molecular formula is C24H22N4O4S2. The Labute approximate surface area is 201 Å². The fraction of sp³-hybridized carbons (Fsp3) is 0.208. The van der Waals surface area contributed by atoms with E-state index in [9.17, 15) is 13.2 Å². The standard InChI is InChI=1S/C24H22N4O4S2/c29-22(17-33-24-26-25-23(32-24)19-7-2-1-3-8-19)27-12-14-28(15-13-27)34(30,31)21-11-10-18-6-4-5-9-20(18)16-21/h1-11,16H,12-15,17H2. The molecule has 5 rings (SSSR count). The number of thioether (sulfide) groups is 1. The van der Waals surface area contributed by atoms with E-state index in [1.807, 2.05) is 60.7 Å². The van der Waals surface area contributed by atoms with E-state index in [1.54, 1.807) is 17.0 Å². The first-order valence-corrected chi connectivity index (χ1v) is 13.2. The van der Waals surface area contributed by atoms with Crippen molar-refractivity contribution in [2.45, 2.75) is 10.1 Å². The van der Waals surface area contributed by atoms with Crippen LogP contribution in [0.1, 0.15) is 0 Å². The monoisotopic (exact) mass is 494 g/mol. The lowest BCUT2D eigenvalue weighted by atomic mass is 10.1. The van der Waals surface area contributed by atoms with Crippen molar-refractivity contribution in [1.82, 2.24) is 19.4 Å². The molecule has 8 nitrogen and oxygen atoms in total. The van der Waals surface area contributed by atoms with Gasteiger partial charge in [0.05, 0.1) is 10.6 Å². The number of sulfonamides is 1. The van der Waals surface area contributed by atoms with Crippen LogP contribution >= 0.6 is 11.8 Å². The number of carbonyl (C=O) groups excluding carboxylic acids is 1. The van der Waals surface area contributed by atoms with Gasteiger partial charge >= 0.3 is 0 Å². The zero-order valence-corrected chi connectivity index (χ0v) is 19.8. The van der Waals surface area contributed by atoms with Gasteiger partial charge in [-0.2, -0.15) is 4.31 Å². The SMILES string of the molecule is O=C(CSc1nnc(-c2ccccc2)o1)N1CCN(S(=O)(=O)c2ccc3ccccc3c2)CC1. The third-order valence-corrected chi connectivity index (χ3v) is 8.39. The van der Waals surface area contributed by atoms with E-state index in [0.29, 0.717) is 24.2 Å². The minimum absolute atomic E-state index is 0.0905. The van der Waals surface area contributed by atoms with Gasteiger partial charge in [-0.3, -0.25) is 4.79 Å². The number of carbonyl (C=O) groups is 1. The summed E-state index contributed by atoms with van der Waals surface area (Å²) in [4.78, 5) is 14.6. The fourth-order valence-corrected chi connectivity index (χ4v) is 5.96. The van der Waals surface area contributed by atoms with Crippen LogP contribution in [0.5, 0.6) is 0 Å². The lowest BCUT2D eigenvalue weighted by Gasteiger charge is -2.34. The van der Waals surface area contributed by atoms with Gasteiger partial charge in [-0.25, -0.2) is 8.42 Å². The first-order valence-electron chi connectivity index (χ1n) is 10.8. The summed E-state index contributed by atoms with van der Waals surface area (Å²) in [6.45, 7) is 1.19. The maximum absolute atomic E-state index is 13.1. The Morgan fingerprint density at radius 1 is 0.882 bits per heavy atom. The van der Waals surface area contributed by atoms with Gasteiger partial charge in [-0.15, -0.1) is 10.2 Å². The highest BCUT2D eigenvalue weighted by Gasteiger charge is 2.30. The summed E-state index contributed by atoms with van der Waals surface area (Å²) in [5, 5.41) is 10.2. The number of aromatic nitrogens is 2. The molecule has 0 bridgehead atoms. The van der Waals surface area contributed by atoms with Gasteiger partial charge in [0, 0.05) is 31.7 Å². The Hall–Kier alpha value is -3.21. The van der Waals surface area contributed by atoms with Crippen molar-refractivity contribution in [3.05, 3.63) is 72.8 Å². The third-order valence-electron chi connectivity index (χ3n) is 5.70. The van der Waals surface area contributed by atoms with Gasteiger partial charge in [0.15, 0.2) is 0 Å². The first-order chi connectivity index (χ1) is 16.5. The number of fused-ring (bicyclic) bond motifs is 1. The first kappa shape index (κ1) is 22.6. The van der Waals surface area contributed by atoms with Crippen LogP contribution in [0.25, 0.3) is 22.2 Å². The van der Waals surface area contributed by atoms with E-state index < -0.39 is 10.0 Å². The highest BCUT2D eigenvalue weighted by atomic mass is 32.2. The third kappa shape index (κ3) is 4.70. The Balaban J connectivity index is 1.17. The van der Waals surface area contributed by atoms with E-state index in [0.717, 1.165) is 16.3 Å². The molecule has 1 saturated heterocycles. The normalized spacial score (nSPS) is 15.0. The van der Waals surface area contributed by atoms with E-state index in [-0.39, 0.29) is 29.6 Å². The van der Waals surface area contributed by atoms with E-state index in [1.165, 1.54) is 16.1 Å². The zero-order chi connectivity index (χ0) is 23.5. The molecule has 1 amide bonds. The van der Waals surface area contributed by atoms with Gasteiger partial charge in [0.25, 0.3) is 5.22 Å². The predicted molar refractivity (Wildman–Crippen MR) is 130 cm³/mol. The van der Waals surface area contributed by atoms with Crippen molar-refractivity contribution < 1.29 is 17.6 Å². The summed E-state index contributed by atoms with van der Waals surface area (Å²) in [6, 6.07) is 22.2. The molecule has 34 heavy (non-hydrogen) atoms. The highest BCUT2D eigenvalue weighted by molar-refractivity contribution is 7.99. The second-order valence-corrected chi connectivity index (χ2v) is 10.7. The largest absolute Gasteiger partial charge is 0.411 e. The maximum atomic E-state index is 13.1. The van der Waals surface area contributed by atoms with Crippen LogP contribution in [0, 0.1) is 0 Å². The molecule has 4 aromatic rings. The summed E-state index contributed by atoms with van der Waals surface area (Å²) < 4.78 is 33.3. The van der Waals surface area contributed by atoms with Gasteiger partial charge < -0.3 is 9.32 Å². The summed E-state index contributed by atoms with van der Waals surface area (Å²) in [6.07, 6.45) is 0. The summed E-state index contributed by atoms with van der Waals surface area (Å²) in [7, 11) is -3.62. The van der Waals surface area contributed by atoms with Crippen molar-refractivity contribution in [3.63, 3.8) is 0 Å². The number of hydrogen-bond acceptors (Lipinski definition) is 7. The molecule has 0 N–H and O–H groups in total. The van der Waals surface area contributed by atoms with Gasteiger partial charge in [0.2, 0.25) is 21.8 Å². The molecule has 0 spiro atoms. The number of benzene rings is 3. The average molecular weight is 495 g/mol. The quantitative estimate of drug-likeness (QED) is 0.379. The van der Waals surface area contributed by atoms with E-state index >= 15 is 0 Å². The van der Waals surface area contributed by atoms with Crippen LogP contribution in [0.2, 0.25) is 0 Å². The van der Waals surface area contributed by atoms with E-state index in [4.69, 9.17) is 4.42 Å². The van der Waals surface area contributed by atoms with Crippen LogP contribution in [0.4, 0.5) is 0 Å². The summed E-state index contributed by atoms with van der Waals surface area (Å²) in [5.74, 6) is 0.462. The number of hydrogen-bond donors (Lipinski definition) is 0. The lowest BCUT2D eigenvalue weighted by Crippen LogP contribution is -2.50. The van der Waals surface area contributed by atoms with Crippen LogP contribution in [0.15, 0.2) is 87.3 Å². The van der Waals surface area contributed by atoms with Crippen molar-refractivity contribution in [3.8, 4) is 11.5 Å². The van der Waals surface area contributed by atoms with Crippen molar-refractivity contribution >= 4 is 38.5 Å². The highest BCUT2D eigenvalue weighted by Crippen LogP contribution is 2.25. The molecule has 10 heteroatoms. The number of amides is 1. The van der Waals surface area contributed by atoms with Gasteiger partial charge in [-0.1, -0.05) is 60.3 Å². The van der Waals surface area contributed by atoms with Crippen LogP contribution in [-0.2, 0) is 14.8 Å². The van der Waals surface area contributed by atoms with Crippen molar-refractivity contribution in [2.24, 2.45) is 0 Å². The van der Waals surface area contributed by atoms with Gasteiger partial charge in [0.1, 0.15) is 0 Å². The Kier molecular flexibility index (Phi) is 6.36. The molecule has 0 atom stereocenters. The topological polar surface area (TPSA) is 96.6 Å². The van der Waals surface area contributed by atoms with Crippen molar-refractivity contribution in [2.75, 3.05) is 31.9 Å². The summed E-state index contributed by atoms with van der Waals surface area (Å²) in [5.41, 5.74) is 0.817.